The van der Waals surface area contributed by atoms with Crippen LogP contribution in [-0.2, 0) is 108 Å². The van der Waals surface area contributed by atoms with Gasteiger partial charge in [-0.15, -0.1) is 5.10 Å². The third-order valence-electron chi connectivity index (χ3n) is 17.3. The zero-order valence-corrected chi connectivity index (χ0v) is 55.8. The second-order valence-corrected chi connectivity index (χ2v) is 29.8. The van der Waals surface area contributed by atoms with Crippen molar-refractivity contribution in [2.24, 2.45) is 0 Å². The lowest BCUT2D eigenvalue weighted by molar-refractivity contribution is 0.256. The molecule has 3 atom stereocenters. The van der Waals surface area contributed by atoms with Crippen molar-refractivity contribution >= 4 is 100 Å². The van der Waals surface area contributed by atoms with Crippen LogP contribution in [0.3, 0.4) is 0 Å². The molecular weight excluding hydrogens is 1260 g/mol. The molecule has 4 aromatic heterocycles. The Morgan fingerprint density at radius 3 is 1.35 bits per heavy atom. The minimum absolute atomic E-state index is 0.00442. The van der Waals surface area contributed by atoms with E-state index in [0.717, 1.165) is 144 Å². The van der Waals surface area contributed by atoms with Crippen molar-refractivity contribution < 1.29 is 27.0 Å². The molecule has 8 aromatic rings. The second-order valence-electron chi connectivity index (χ2n) is 24.5. The average Bonchev–Trinajstić information content (AvgIpc) is 1.77. The molecule has 482 valence electrons. The molecule has 0 saturated carbocycles. The van der Waals surface area contributed by atoms with Crippen LogP contribution < -0.4 is 30.1 Å². The van der Waals surface area contributed by atoms with Gasteiger partial charge in [0, 0.05) is 65.6 Å². The number of halogens is 2. The summed E-state index contributed by atoms with van der Waals surface area (Å²) in [6.07, 6.45) is 23.6. The molecule has 0 spiro atoms. The third-order valence-corrected chi connectivity index (χ3v) is 21.5. The van der Waals surface area contributed by atoms with Crippen LogP contribution in [0.15, 0.2) is 88.3 Å². The lowest BCUT2D eigenvalue weighted by Gasteiger charge is -2.17. The zero-order chi connectivity index (χ0) is 64.5. The number of nitrogens with one attached hydrogen (secondary N) is 8. The van der Waals surface area contributed by atoms with Gasteiger partial charge in [-0.25, -0.2) is 46.0 Å². The van der Waals surface area contributed by atoms with Gasteiger partial charge < -0.3 is 16.0 Å². The number of carbonyl (C=O) groups excluding carboxylic acids is 3. The van der Waals surface area contributed by atoms with E-state index in [0.29, 0.717) is 5.03 Å². The van der Waals surface area contributed by atoms with E-state index in [2.05, 4.69) is 73.9 Å². The van der Waals surface area contributed by atoms with Crippen LogP contribution >= 0.6 is 23.4 Å². The molecule has 0 fully saturated rings. The highest BCUT2D eigenvalue weighted by Gasteiger charge is 2.30. The molecule has 0 saturated heterocycles. The van der Waals surface area contributed by atoms with E-state index in [1.54, 1.807) is 27.8 Å². The van der Waals surface area contributed by atoms with Gasteiger partial charge in [-0.1, -0.05) is 41.9 Å². The monoisotopic (exact) mass is 1330 g/mol. The minimum atomic E-state index is -3.68. The Kier molecular flexibility index (Phi) is 19.4. The molecule has 6 aliphatic rings. The number of aromatic nitrogens is 9. The first-order valence-corrected chi connectivity index (χ1v) is 36.1. The summed E-state index contributed by atoms with van der Waals surface area (Å²) in [5.41, 5.74) is 19.5. The first kappa shape index (κ1) is 64.9. The molecule has 0 bridgehead atoms. The van der Waals surface area contributed by atoms with Gasteiger partial charge in [0.2, 0.25) is 0 Å². The summed E-state index contributed by atoms with van der Waals surface area (Å²) in [5, 5.41) is 29.2. The first-order chi connectivity index (χ1) is 43.5. The normalized spacial score (nSPS) is 16.3. The van der Waals surface area contributed by atoms with Crippen LogP contribution in [0, 0.1) is 9.56 Å². The second kappa shape index (κ2) is 27.3. The molecule has 28 heteroatoms. The molecule has 0 radical (unpaired) electrons. The predicted molar refractivity (Wildman–Crippen MR) is 354 cm³/mol. The number of urea groups is 3. The summed E-state index contributed by atoms with van der Waals surface area (Å²) in [5.74, 6) is 0. The number of anilines is 3. The number of nitrogens with zero attached hydrogens (tertiary/aromatic N) is 9. The van der Waals surface area contributed by atoms with E-state index in [4.69, 9.17) is 32.9 Å². The fraction of sp³-hybridized carbons (Fsp3) is 0.429. The highest BCUT2D eigenvalue weighted by molar-refractivity contribution is 7.91. The van der Waals surface area contributed by atoms with Crippen LogP contribution in [0.5, 0.6) is 0 Å². The number of amides is 6. The van der Waals surface area contributed by atoms with E-state index < -0.39 is 48.9 Å². The van der Waals surface area contributed by atoms with Crippen molar-refractivity contribution in [3.8, 4) is 0 Å². The molecule has 0 aliphatic heterocycles. The van der Waals surface area contributed by atoms with E-state index in [9.17, 15) is 27.0 Å². The molecule has 3 unspecified atom stereocenters. The van der Waals surface area contributed by atoms with E-state index in [-0.39, 0.29) is 33.2 Å². The summed E-state index contributed by atoms with van der Waals surface area (Å²) in [4.78, 5) is 37.7. The Labute approximate surface area is 542 Å². The van der Waals surface area contributed by atoms with Crippen LogP contribution in [0.2, 0.25) is 5.02 Å². The number of carbonyl (C=O) groups is 3. The standard InChI is InChI=1S/C19H24ClN5O2S.C19H25N5O2S.C19H24N4O2S.C6H4ClN3/c1-11(2)25-10-16(20)18(23-25)28(21,27)24-19(26)22-17-14-7-3-5-12(14)9-13-6-4-8-15(13)17;1-12(2)24-10-9-17(22-24)27(20,26)23-19(25)21-18-15-7-3-5-13(15)11-14-6-4-8-16(14)18;1-12(2)23-10-9-17(21-23)26(25)22-19(24)20-18-15-7-3-5-13(15)11-14-6-4-8-16(14)18;7-10-6-4-2-1-3-5(6)8-9-10/h9-11H,3-8H2,1-2H3,(H3,21,22,24,26,27);9-12H,3-8H2,1-2H3,(H3,20,21,23,25,26);9-12H,3-8H2,1-2H3,(H2,20,22,24);1-4H. The maximum absolute atomic E-state index is 12.8. The predicted octanol–water partition coefficient (Wildman–Crippen LogP) is 12.5. The molecule has 14 rings (SSSR count). The molecule has 6 amide bonds. The SMILES string of the molecule is CC(C)n1cc(Cl)c(S(=N)(=O)NC(=O)Nc2c3c(cc4c2CCC4)CCC3)n1.CC(C)n1ccc(S(=N)(=O)NC(=O)Nc2c3c(cc4c2CCC4)CCC3)n1.CC(C)n1ccc(S(=O)NC(=O)Nc2c3c(cc4c2CCC4)CCC3)n1.Cln1nnc2ccccc21. The number of para-hydroxylation sites is 1. The third kappa shape index (κ3) is 14.4. The van der Waals surface area contributed by atoms with Crippen molar-refractivity contribution in [3.05, 3.63) is 145 Å². The van der Waals surface area contributed by atoms with Crippen LogP contribution in [0.1, 0.15) is 165 Å². The number of fused-ring (bicyclic) bond motifs is 7. The minimum Gasteiger partial charge on any atom is -0.307 e. The summed E-state index contributed by atoms with van der Waals surface area (Å²) < 4.78 is 67.5. The molecule has 91 heavy (non-hydrogen) atoms. The van der Waals surface area contributed by atoms with E-state index >= 15 is 0 Å². The van der Waals surface area contributed by atoms with Crippen LogP contribution in [0.25, 0.3) is 11.0 Å². The van der Waals surface area contributed by atoms with Crippen molar-refractivity contribution in [2.75, 3.05) is 16.0 Å². The topological polar surface area (TPSA) is 306 Å². The van der Waals surface area contributed by atoms with Crippen molar-refractivity contribution in [1.82, 2.24) is 58.0 Å². The Hall–Kier alpha value is -7.65. The van der Waals surface area contributed by atoms with Gasteiger partial charge in [-0.05, 0) is 253 Å². The van der Waals surface area contributed by atoms with E-state index in [1.165, 1.54) is 87.9 Å². The smallest absolute Gasteiger partial charge is 0.307 e. The lowest BCUT2D eigenvalue weighted by Crippen LogP contribution is -2.34. The maximum atomic E-state index is 12.8. The fourth-order valence-corrected chi connectivity index (χ4v) is 16.1. The highest BCUT2D eigenvalue weighted by Crippen LogP contribution is 2.41. The number of hydrogen-bond acceptors (Lipinski definition) is 13. The summed E-state index contributed by atoms with van der Waals surface area (Å²) in [6.45, 7) is 11.7. The molecule has 4 aromatic carbocycles. The van der Waals surface area contributed by atoms with Gasteiger partial charge in [0.05, 0.1) is 5.02 Å². The summed E-state index contributed by atoms with van der Waals surface area (Å²) in [7, 11) is -8.86. The quantitative estimate of drug-likeness (QED) is 0.0568. The Morgan fingerprint density at radius 2 is 0.945 bits per heavy atom. The average molecular weight is 1340 g/mol. The van der Waals surface area contributed by atoms with Crippen molar-refractivity contribution in [2.45, 2.75) is 190 Å². The largest absolute Gasteiger partial charge is 0.332 e. The van der Waals surface area contributed by atoms with Crippen molar-refractivity contribution in [3.63, 3.8) is 0 Å². The number of aryl methyl sites for hydroxylation is 6. The number of rotatable bonds is 12. The van der Waals surface area contributed by atoms with Crippen LogP contribution in [0.4, 0.5) is 31.4 Å². The van der Waals surface area contributed by atoms with Gasteiger partial charge >= 0.3 is 18.1 Å². The Morgan fingerprint density at radius 1 is 0.538 bits per heavy atom. The zero-order valence-electron chi connectivity index (χ0n) is 51.8. The molecule has 6 aliphatic carbocycles. The molecule has 23 nitrogen and oxygen atoms in total. The summed E-state index contributed by atoms with van der Waals surface area (Å²) in [6, 6.07) is 16.2. The van der Waals surface area contributed by atoms with Gasteiger partial charge in [0.25, 0.3) is 0 Å². The Balaban J connectivity index is 0.000000130. The lowest BCUT2D eigenvalue weighted by atomic mass is 9.99. The van der Waals surface area contributed by atoms with Gasteiger partial charge in [0.1, 0.15) is 11.0 Å². The van der Waals surface area contributed by atoms with Crippen LogP contribution in [-0.4, -0.2) is 74.6 Å². The van der Waals surface area contributed by atoms with Gasteiger partial charge in [-0.3, -0.25) is 18.8 Å². The number of hydrogen-bond donors (Lipinski definition) is 8. The fourth-order valence-electron chi connectivity index (χ4n) is 12.9. The highest BCUT2D eigenvalue weighted by atomic mass is 35.5. The first-order valence-electron chi connectivity index (χ1n) is 31.1. The van der Waals surface area contributed by atoms with Gasteiger partial charge in [-0.2, -0.15) is 19.5 Å². The molecular formula is C63H77Cl2N17O6S3. The maximum Gasteiger partial charge on any atom is 0.332 e. The Bertz CT molecular complexity index is 4280. The molecule has 8 N–H and O–H groups in total. The van der Waals surface area contributed by atoms with E-state index in [1.807, 2.05) is 65.8 Å². The molecule has 4 heterocycles. The van der Waals surface area contributed by atoms with Crippen molar-refractivity contribution in [1.29, 1.82) is 9.56 Å². The number of benzene rings is 4. The van der Waals surface area contributed by atoms with Gasteiger partial charge in [0.15, 0.2) is 45.9 Å². The summed E-state index contributed by atoms with van der Waals surface area (Å²) >= 11 is 11.7.